The van der Waals surface area contributed by atoms with E-state index in [1.54, 1.807) is 13.8 Å². The van der Waals surface area contributed by atoms with Crippen LogP contribution >= 0.6 is 0 Å². The van der Waals surface area contributed by atoms with Crippen molar-refractivity contribution in [2.45, 2.75) is 19.9 Å². The van der Waals surface area contributed by atoms with Gasteiger partial charge in [0.05, 0.1) is 11.3 Å². The maximum atomic E-state index is 12.0. The van der Waals surface area contributed by atoms with Gasteiger partial charge in [-0.3, -0.25) is 9.52 Å². The SMILES string of the molecule is CC(C)N1C(=O)c2cc(O)ccc2NS1(=O)=O. The summed E-state index contributed by atoms with van der Waals surface area (Å²) in [6.45, 7) is 3.20. The predicted octanol–water partition coefficient (Wildman–Crippen LogP) is 0.913. The third kappa shape index (κ3) is 1.82. The lowest BCUT2D eigenvalue weighted by Gasteiger charge is -2.31. The smallest absolute Gasteiger partial charge is 0.326 e. The zero-order valence-electron chi connectivity index (χ0n) is 9.34. The topological polar surface area (TPSA) is 86.7 Å². The predicted molar refractivity (Wildman–Crippen MR) is 62.0 cm³/mol. The number of carbonyl (C=O) groups is 1. The van der Waals surface area contributed by atoms with Gasteiger partial charge in [-0.25, -0.2) is 4.31 Å². The molecule has 0 atom stereocenters. The highest BCUT2D eigenvalue weighted by Gasteiger charge is 2.37. The van der Waals surface area contributed by atoms with Gasteiger partial charge < -0.3 is 5.11 Å². The van der Waals surface area contributed by atoms with Gasteiger partial charge >= 0.3 is 10.2 Å². The zero-order chi connectivity index (χ0) is 12.8. The van der Waals surface area contributed by atoms with Gasteiger partial charge in [0, 0.05) is 6.04 Å². The molecule has 0 aromatic heterocycles. The van der Waals surface area contributed by atoms with E-state index in [4.69, 9.17) is 0 Å². The van der Waals surface area contributed by atoms with Crippen molar-refractivity contribution >= 4 is 21.8 Å². The van der Waals surface area contributed by atoms with Gasteiger partial charge in [-0.1, -0.05) is 0 Å². The van der Waals surface area contributed by atoms with Gasteiger partial charge in [0.1, 0.15) is 5.75 Å². The van der Waals surface area contributed by atoms with Crippen LogP contribution in [0.3, 0.4) is 0 Å². The molecule has 0 radical (unpaired) electrons. The van der Waals surface area contributed by atoms with Crippen molar-refractivity contribution < 1.29 is 18.3 Å². The average molecular weight is 256 g/mol. The first-order chi connectivity index (χ1) is 7.83. The summed E-state index contributed by atoms with van der Waals surface area (Å²) in [7, 11) is -3.85. The van der Waals surface area contributed by atoms with Crippen LogP contribution < -0.4 is 4.72 Å². The zero-order valence-corrected chi connectivity index (χ0v) is 10.2. The number of rotatable bonds is 1. The largest absolute Gasteiger partial charge is 0.508 e. The van der Waals surface area contributed by atoms with E-state index < -0.39 is 22.2 Å². The molecule has 1 aromatic rings. The number of fused-ring (bicyclic) bond motifs is 1. The third-order valence-electron chi connectivity index (χ3n) is 2.40. The van der Waals surface area contributed by atoms with E-state index in [0.29, 0.717) is 0 Å². The van der Waals surface area contributed by atoms with Gasteiger partial charge in [0.15, 0.2) is 0 Å². The molecule has 0 spiro atoms. The Morgan fingerprint density at radius 2 is 2.00 bits per heavy atom. The monoisotopic (exact) mass is 256 g/mol. The van der Waals surface area contributed by atoms with E-state index in [1.165, 1.54) is 18.2 Å². The summed E-state index contributed by atoms with van der Waals surface area (Å²) in [6.07, 6.45) is 0. The number of anilines is 1. The fourth-order valence-electron chi connectivity index (χ4n) is 1.73. The van der Waals surface area contributed by atoms with Gasteiger partial charge in [0.2, 0.25) is 0 Å². The number of amides is 1. The summed E-state index contributed by atoms with van der Waals surface area (Å²) in [4.78, 5) is 12.0. The van der Waals surface area contributed by atoms with Crippen LogP contribution in [-0.2, 0) is 10.2 Å². The second-order valence-electron chi connectivity index (χ2n) is 4.03. The average Bonchev–Trinajstić information content (AvgIpc) is 2.17. The summed E-state index contributed by atoms with van der Waals surface area (Å²) in [5, 5.41) is 9.31. The Labute approximate surface area is 99.0 Å². The van der Waals surface area contributed by atoms with Crippen LogP contribution in [0, 0.1) is 0 Å². The normalized spacial score (nSPS) is 17.8. The highest BCUT2D eigenvalue weighted by Crippen LogP contribution is 2.30. The number of nitrogens with one attached hydrogen (secondary N) is 1. The number of carbonyl (C=O) groups excluding carboxylic acids is 1. The minimum atomic E-state index is -3.85. The number of phenolic OH excluding ortho intramolecular Hbond substituents is 1. The molecular weight excluding hydrogens is 244 g/mol. The molecule has 0 saturated carbocycles. The van der Waals surface area contributed by atoms with Crippen molar-refractivity contribution in [1.29, 1.82) is 0 Å². The van der Waals surface area contributed by atoms with Crippen molar-refractivity contribution in [3.05, 3.63) is 23.8 Å². The number of hydrogen-bond donors (Lipinski definition) is 2. The molecule has 1 heterocycles. The van der Waals surface area contributed by atoms with Crippen LogP contribution in [0.1, 0.15) is 24.2 Å². The Bertz CT molecular complexity index is 580. The van der Waals surface area contributed by atoms with E-state index in [1.807, 2.05) is 0 Å². The molecule has 92 valence electrons. The fraction of sp³-hybridized carbons (Fsp3) is 0.300. The van der Waals surface area contributed by atoms with E-state index in [-0.39, 0.29) is 17.0 Å². The molecule has 0 unspecified atom stereocenters. The Kier molecular flexibility index (Phi) is 2.50. The number of nitrogens with zero attached hydrogens (tertiary/aromatic N) is 1. The Morgan fingerprint density at radius 3 is 2.59 bits per heavy atom. The summed E-state index contributed by atoms with van der Waals surface area (Å²) in [5.74, 6) is -0.716. The summed E-state index contributed by atoms with van der Waals surface area (Å²) >= 11 is 0. The quantitative estimate of drug-likeness (QED) is 0.731. The molecule has 2 rings (SSSR count). The Morgan fingerprint density at radius 1 is 1.35 bits per heavy atom. The van der Waals surface area contributed by atoms with Gasteiger partial charge in [-0.05, 0) is 32.0 Å². The first-order valence-corrected chi connectivity index (χ1v) is 6.46. The van der Waals surface area contributed by atoms with E-state index in [0.717, 1.165) is 4.31 Å². The second-order valence-corrected chi connectivity index (χ2v) is 5.58. The molecule has 17 heavy (non-hydrogen) atoms. The highest BCUT2D eigenvalue weighted by atomic mass is 32.2. The minimum Gasteiger partial charge on any atom is -0.508 e. The van der Waals surface area contributed by atoms with Crippen molar-refractivity contribution in [3.63, 3.8) is 0 Å². The highest BCUT2D eigenvalue weighted by molar-refractivity contribution is 7.91. The standard InChI is InChI=1S/C10H12N2O4S/c1-6(2)12-10(14)8-5-7(13)3-4-9(8)11-17(12,15)16/h3-6,11,13H,1-2H3. The Balaban J connectivity index is 2.62. The lowest BCUT2D eigenvalue weighted by Crippen LogP contribution is -2.48. The van der Waals surface area contributed by atoms with Gasteiger partial charge in [-0.2, -0.15) is 8.42 Å². The molecule has 1 aliphatic heterocycles. The molecule has 1 amide bonds. The number of phenols is 1. The molecule has 0 aliphatic carbocycles. The molecule has 1 aliphatic rings. The van der Waals surface area contributed by atoms with Crippen molar-refractivity contribution in [2.24, 2.45) is 0 Å². The molecule has 0 fully saturated rings. The molecular formula is C10H12N2O4S. The second kappa shape index (κ2) is 3.63. The van der Waals surface area contributed by atoms with Gasteiger partial charge in [-0.15, -0.1) is 0 Å². The van der Waals surface area contributed by atoms with Crippen molar-refractivity contribution in [1.82, 2.24) is 4.31 Å². The number of aromatic hydroxyl groups is 1. The molecule has 6 nitrogen and oxygen atoms in total. The number of hydrogen-bond acceptors (Lipinski definition) is 4. The summed E-state index contributed by atoms with van der Waals surface area (Å²) in [6, 6.07) is 3.43. The fourth-order valence-corrected chi connectivity index (χ4v) is 3.15. The molecule has 0 bridgehead atoms. The maximum Gasteiger partial charge on any atom is 0.326 e. The number of benzene rings is 1. The van der Waals surface area contributed by atoms with Crippen molar-refractivity contribution in [3.8, 4) is 5.75 Å². The Hall–Kier alpha value is -1.76. The lowest BCUT2D eigenvalue weighted by atomic mass is 10.1. The molecule has 1 aromatic carbocycles. The van der Waals surface area contributed by atoms with E-state index >= 15 is 0 Å². The van der Waals surface area contributed by atoms with Crippen LogP contribution in [0.4, 0.5) is 5.69 Å². The summed E-state index contributed by atoms with van der Waals surface area (Å²) in [5.41, 5.74) is 0.332. The van der Waals surface area contributed by atoms with Crippen molar-refractivity contribution in [2.75, 3.05) is 4.72 Å². The van der Waals surface area contributed by atoms with Crippen LogP contribution in [0.25, 0.3) is 0 Å². The molecule has 0 saturated heterocycles. The lowest BCUT2D eigenvalue weighted by molar-refractivity contribution is 0.0833. The van der Waals surface area contributed by atoms with E-state index in [2.05, 4.69) is 4.72 Å². The van der Waals surface area contributed by atoms with Crippen LogP contribution in [0.5, 0.6) is 5.75 Å². The third-order valence-corrected chi connectivity index (χ3v) is 3.98. The summed E-state index contributed by atoms with van der Waals surface area (Å²) < 4.78 is 26.7. The van der Waals surface area contributed by atoms with E-state index in [9.17, 15) is 18.3 Å². The first kappa shape index (κ1) is 11.7. The minimum absolute atomic E-state index is 0.0816. The van der Waals surface area contributed by atoms with Crippen LogP contribution in [0.2, 0.25) is 0 Å². The first-order valence-electron chi connectivity index (χ1n) is 5.02. The van der Waals surface area contributed by atoms with Crippen LogP contribution in [-0.4, -0.2) is 29.8 Å². The maximum absolute atomic E-state index is 12.0. The molecule has 7 heteroatoms. The molecule has 2 N–H and O–H groups in total. The van der Waals surface area contributed by atoms with Gasteiger partial charge in [0.25, 0.3) is 5.91 Å². The van der Waals surface area contributed by atoms with Crippen LogP contribution in [0.15, 0.2) is 18.2 Å².